The summed E-state index contributed by atoms with van der Waals surface area (Å²) in [6, 6.07) is 0.175. The number of hydrogen-bond donors (Lipinski definition) is 2. The molecule has 0 heterocycles. The maximum absolute atomic E-state index is 11.5. The molecule has 1 amide bonds. The van der Waals surface area contributed by atoms with Crippen LogP contribution in [0.4, 0.5) is 0 Å². The van der Waals surface area contributed by atoms with Gasteiger partial charge < -0.3 is 10.4 Å². The summed E-state index contributed by atoms with van der Waals surface area (Å²) >= 11 is 0. The van der Waals surface area contributed by atoms with Gasteiger partial charge in [-0.2, -0.15) is 0 Å². The monoisotopic (exact) mass is 201 g/mol. The van der Waals surface area contributed by atoms with Crippen molar-refractivity contribution in [3.8, 4) is 0 Å². The van der Waals surface area contributed by atoms with Crippen LogP contribution in [-0.2, 0) is 4.79 Å². The third-order valence-corrected chi connectivity index (χ3v) is 2.35. The Balaban J connectivity index is 3.69. The fourth-order valence-corrected chi connectivity index (χ4v) is 1.42. The minimum absolute atomic E-state index is 0.108. The van der Waals surface area contributed by atoms with Crippen molar-refractivity contribution in [1.82, 2.24) is 5.32 Å². The molecular weight excluding hydrogens is 178 g/mol. The lowest BCUT2D eigenvalue weighted by Gasteiger charge is -2.16. The van der Waals surface area contributed by atoms with Crippen LogP contribution >= 0.6 is 0 Å². The zero-order valence-electron chi connectivity index (χ0n) is 9.55. The summed E-state index contributed by atoms with van der Waals surface area (Å²) in [5, 5.41) is 11.6. The van der Waals surface area contributed by atoms with Crippen LogP contribution in [0.3, 0.4) is 0 Å². The predicted molar refractivity (Wildman–Crippen MR) is 58.0 cm³/mol. The van der Waals surface area contributed by atoms with Gasteiger partial charge in [-0.3, -0.25) is 4.79 Å². The average Bonchev–Trinajstić information content (AvgIpc) is 2.15. The van der Waals surface area contributed by atoms with Crippen molar-refractivity contribution in [1.29, 1.82) is 0 Å². The van der Waals surface area contributed by atoms with E-state index in [1.807, 2.05) is 13.8 Å². The zero-order chi connectivity index (χ0) is 11.0. The van der Waals surface area contributed by atoms with E-state index in [4.69, 9.17) is 5.11 Å². The normalized spacial score (nSPS) is 14.9. The van der Waals surface area contributed by atoms with Crippen molar-refractivity contribution < 1.29 is 9.90 Å². The van der Waals surface area contributed by atoms with E-state index < -0.39 is 0 Å². The molecule has 0 spiro atoms. The van der Waals surface area contributed by atoms with Crippen molar-refractivity contribution in [2.45, 2.75) is 52.5 Å². The maximum Gasteiger partial charge on any atom is 0.223 e. The Labute approximate surface area is 86.9 Å². The van der Waals surface area contributed by atoms with Gasteiger partial charge in [0.2, 0.25) is 5.91 Å². The number of nitrogens with one attached hydrogen (secondary N) is 1. The number of hydrogen-bond acceptors (Lipinski definition) is 2. The number of rotatable bonds is 7. The van der Waals surface area contributed by atoms with Gasteiger partial charge in [-0.25, -0.2) is 0 Å². The van der Waals surface area contributed by atoms with Gasteiger partial charge in [-0.15, -0.1) is 0 Å². The van der Waals surface area contributed by atoms with Crippen molar-refractivity contribution in [2.75, 3.05) is 6.61 Å². The lowest BCUT2D eigenvalue weighted by molar-refractivity contribution is -0.125. The van der Waals surface area contributed by atoms with E-state index in [9.17, 15) is 4.79 Å². The van der Waals surface area contributed by atoms with Gasteiger partial charge in [0.1, 0.15) is 0 Å². The second-order valence-corrected chi connectivity index (χ2v) is 3.97. The molecule has 0 aliphatic carbocycles. The van der Waals surface area contributed by atoms with E-state index in [1.54, 1.807) is 0 Å². The smallest absolute Gasteiger partial charge is 0.223 e. The Hall–Kier alpha value is -0.570. The van der Waals surface area contributed by atoms with Crippen LogP contribution in [0.2, 0.25) is 0 Å². The molecule has 2 N–H and O–H groups in total. The molecule has 2 atom stereocenters. The lowest BCUT2D eigenvalue weighted by atomic mass is 10.0. The maximum atomic E-state index is 11.5. The van der Waals surface area contributed by atoms with Gasteiger partial charge >= 0.3 is 0 Å². The molecule has 84 valence electrons. The van der Waals surface area contributed by atoms with E-state index in [1.165, 1.54) is 0 Å². The van der Waals surface area contributed by atoms with Crippen molar-refractivity contribution in [3.63, 3.8) is 0 Å². The van der Waals surface area contributed by atoms with Crippen LogP contribution in [-0.4, -0.2) is 23.7 Å². The molecule has 2 unspecified atom stereocenters. The molecular formula is C11H23NO2. The lowest BCUT2D eigenvalue weighted by Crippen LogP contribution is -2.36. The van der Waals surface area contributed by atoms with Crippen LogP contribution in [0.25, 0.3) is 0 Å². The Morgan fingerprint density at radius 3 is 2.50 bits per heavy atom. The molecule has 0 aromatic carbocycles. The Morgan fingerprint density at radius 1 is 1.36 bits per heavy atom. The quantitative estimate of drug-likeness (QED) is 0.658. The molecule has 0 fully saturated rings. The van der Waals surface area contributed by atoms with Gasteiger partial charge in [0, 0.05) is 18.6 Å². The van der Waals surface area contributed by atoms with Gasteiger partial charge in [0.25, 0.3) is 0 Å². The number of carbonyl (C=O) groups excluding carboxylic acids is 1. The molecule has 3 nitrogen and oxygen atoms in total. The highest BCUT2D eigenvalue weighted by molar-refractivity contribution is 5.78. The van der Waals surface area contributed by atoms with Crippen LogP contribution in [0.5, 0.6) is 0 Å². The zero-order valence-corrected chi connectivity index (χ0v) is 9.55. The third kappa shape index (κ3) is 5.97. The van der Waals surface area contributed by atoms with Gasteiger partial charge in [0.05, 0.1) is 0 Å². The Bertz CT molecular complexity index is 159. The summed E-state index contributed by atoms with van der Waals surface area (Å²) < 4.78 is 0. The molecule has 0 aliphatic rings. The topological polar surface area (TPSA) is 49.3 Å². The minimum atomic E-state index is 0.108. The average molecular weight is 201 g/mol. The van der Waals surface area contributed by atoms with Crippen LogP contribution < -0.4 is 5.32 Å². The number of aliphatic hydroxyl groups excluding tert-OH is 1. The van der Waals surface area contributed by atoms with E-state index in [0.717, 1.165) is 25.7 Å². The standard InChI is InChI=1S/C11H23NO2/c1-4-6-9(2)11(14)12-10(3)7-5-8-13/h9-10,13H,4-8H2,1-3H3,(H,12,14). The van der Waals surface area contributed by atoms with E-state index in [0.29, 0.717) is 0 Å². The number of aliphatic hydroxyl groups is 1. The van der Waals surface area contributed by atoms with Gasteiger partial charge in [-0.05, 0) is 26.2 Å². The van der Waals surface area contributed by atoms with Crippen molar-refractivity contribution in [2.24, 2.45) is 5.92 Å². The molecule has 0 aromatic heterocycles. The molecule has 0 radical (unpaired) electrons. The van der Waals surface area contributed by atoms with Crippen LogP contribution in [0, 0.1) is 5.92 Å². The third-order valence-electron chi connectivity index (χ3n) is 2.35. The molecule has 0 bridgehead atoms. The molecule has 0 aliphatic heterocycles. The highest BCUT2D eigenvalue weighted by Gasteiger charge is 2.13. The Morgan fingerprint density at radius 2 is 2.00 bits per heavy atom. The first-order valence-electron chi connectivity index (χ1n) is 5.53. The molecule has 0 saturated carbocycles. The molecule has 0 aromatic rings. The van der Waals surface area contributed by atoms with E-state index >= 15 is 0 Å². The summed E-state index contributed by atoms with van der Waals surface area (Å²) in [7, 11) is 0. The molecule has 14 heavy (non-hydrogen) atoms. The summed E-state index contributed by atoms with van der Waals surface area (Å²) in [5.41, 5.74) is 0. The Kier molecular flexibility index (Phi) is 7.48. The summed E-state index contributed by atoms with van der Waals surface area (Å²) in [4.78, 5) is 11.5. The number of amides is 1. The molecule has 3 heteroatoms. The first kappa shape index (κ1) is 13.4. The second-order valence-electron chi connectivity index (χ2n) is 3.97. The minimum Gasteiger partial charge on any atom is -0.396 e. The number of carbonyl (C=O) groups is 1. The van der Waals surface area contributed by atoms with Crippen LogP contribution in [0.1, 0.15) is 46.5 Å². The fourth-order valence-electron chi connectivity index (χ4n) is 1.42. The van der Waals surface area contributed by atoms with E-state index in [-0.39, 0.29) is 24.5 Å². The molecule has 0 rings (SSSR count). The summed E-state index contributed by atoms with van der Waals surface area (Å²) in [6.07, 6.45) is 3.59. The SMILES string of the molecule is CCCC(C)C(=O)NC(C)CCCO. The first-order chi connectivity index (χ1) is 6.61. The summed E-state index contributed by atoms with van der Waals surface area (Å²) in [5.74, 6) is 0.244. The largest absolute Gasteiger partial charge is 0.396 e. The highest BCUT2D eigenvalue weighted by Crippen LogP contribution is 2.06. The van der Waals surface area contributed by atoms with Gasteiger partial charge in [-0.1, -0.05) is 20.3 Å². The second kappa shape index (κ2) is 7.80. The predicted octanol–water partition coefficient (Wildman–Crippen LogP) is 1.70. The van der Waals surface area contributed by atoms with Gasteiger partial charge in [0.15, 0.2) is 0 Å². The van der Waals surface area contributed by atoms with E-state index in [2.05, 4.69) is 12.2 Å². The first-order valence-corrected chi connectivity index (χ1v) is 5.53. The van der Waals surface area contributed by atoms with Crippen molar-refractivity contribution >= 4 is 5.91 Å². The van der Waals surface area contributed by atoms with Crippen molar-refractivity contribution in [3.05, 3.63) is 0 Å². The summed E-state index contributed by atoms with van der Waals surface area (Å²) in [6.45, 7) is 6.22. The molecule has 0 saturated heterocycles. The highest BCUT2D eigenvalue weighted by atomic mass is 16.2. The van der Waals surface area contributed by atoms with Crippen LogP contribution in [0.15, 0.2) is 0 Å². The fraction of sp³-hybridized carbons (Fsp3) is 0.909.